The van der Waals surface area contributed by atoms with Crippen molar-refractivity contribution >= 4 is 29.8 Å². The van der Waals surface area contributed by atoms with Crippen LogP contribution >= 0.6 is 0 Å². The van der Waals surface area contributed by atoms with Gasteiger partial charge in [0.25, 0.3) is 0 Å². The number of aliphatic carboxylic acids is 1. The van der Waals surface area contributed by atoms with Crippen molar-refractivity contribution in [2.45, 2.75) is 20.0 Å². The Morgan fingerprint density at radius 1 is 0.742 bits per heavy atom. The van der Waals surface area contributed by atoms with Crippen molar-refractivity contribution < 1.29 is 64.8 Å². The van der Waals surface area contributed by atoms with E-state index in [-0.39, 0.29) is 13.2 Å². The third-order valence-electron chi connectivity index (χ3n) is 3.27. The van der Waals surface area contributed by atoms with Gasteiger partial charge >= 0.3 is 29.8 Å². The molecular formula is C18H22O13. The van der Waals surface area contributed by atoms with Crippen LogP contribution in [0.25, 0.3) is 0 Å². The highest BCUT2D eigenvalue weighted by Crippen LogP contribution is 2.18. The first-order chi connectivity index (χ1) is 14.2. The minimum absolute atomic E-state index is 0.365. The van der Waals surface area contributed by atoms with Crippen LogP contribution in [-0.2, 0) is 4.79 Å². The number of aromatic carboxylic acids is 4. The zero-order valence-corrected chi connectivity index (χ0v) is 16.3. The second kappa shape index (κ2) is 14.2. The number of carbonyl (C=O) groups is 5. The van der Waals surface area contributed by atoms with E-state index in [2.05, 4.69) is 0 Å². The maximum absolute atomic E-state index is 10.8. The van der Waals surface area contributed by atoms with Gasteiger partial charge in [0, 0.05) is 5.57 Å². The topological polar surface area (TPSA) is 247 Å². The molecule has 0 atom stereocenters. The van der Waals surface area contributed by atoms with Gasteiger partial charge in [-0.25, -0.2) is 24.0 Å². The number of allylic oxidation sites excluding steroid dienone is 1. The van der Waals surface area contributed by atoms with Crippen LogP contribution in [0.3, 0.4) is 0 Å². The van der Waals surface area contributed by atoms with Crippen LogP contribution in [0.1, 0.15) is 55.3 Å². The van der Waals surface area contributed by atoms with Crippen molar-refractivity contribution in [3.63, 3.8) is 0 Å². The van der Waals surface area contributed by atoms with E-state index in [1.54, 1.807) is 19.9 Å². The standard InChI is InChI=1S/C10H6O8.C5H8O2.C3H8O3/c11-7(12)3-1-4(8(13)14)6(10(17)18)2-5(3)9(15)16;1-3-4(2)5(6)7;4-1-3(6)2-5/h1-2H,(H,11,12)(H,13,14)(H,15,16)(H,17,18);3H,1-2H3,(H,6,7);3-6H,1-2H2. The van der Waals surface area contributed by atoms with Crippen LogP contribution in [0.5, 0.6) is 0 Å². The maximum atomic E-state index is 10.8. The predicted molar refractivity (Wildman–Crippen MR) is 102 cm³/mol. The van der Waals surface area contributed by atoms with Gasteiger partial charge in [0.2, 0.25) is 0 Å². The summed E-state index contributed by atoms with van der Waals surface area (Å²) in [4.78, 5) is 53.0. The summed E-state index contributed by atoms with van der Waals surface area (Å²) in [6.07, 6.45) is 0.604. The second-order valence-corrected chi connectivity index (χ2v) is 5.46. The lowest BCUT2D eigenvalue weighted by atomic mass is 9.98. The molecule has 1 aromatic carbocycles. The molecule has 0 amide bonds. The lowest BCUT2D eigenvalue weighted by molar-refractivity contribution is -0.132. The third-order valence-corrected chi connectivity index (χ3v) is 3.27. The molecule has 8 N–H and O–H groups in total. The van der Waals surface area contributed by atoms with E-state index in [0.29, 0.717) is 17.7 Å². The van der Waals surface area contributed by atoms with Gasteiger partial charge in [0.15, 0.2) is 0 Å². The Balaban J connectivity index is 0. The predicted octanol–water partition coefficient (Wildman–Crippen LogP) is -0.151. The highest BCUT2D eigenvalue weighted by molar-refractivity contribution is 6.09. The Morgan fingerprint density at radius 3 is 1.06 bits per heavy atom. The molecule has 0 saturated heterocycles. The minimum Gasteiger partial charge on any atom is -0.478 e. The first kappa shape index (κ1) is 29.4. The van der Waals surface area contributed by atoms with E-state index in [9.17, 15) is 24.0 Å². The zero-order chi connectivity index (χ0) is 24.9. The second-order valence-electron chi connectivity index (χ2n) is 5.46. The number of hydrogen-bond donors (Lipinski definition) is 8. The van der Waals surface area contributed by atoms with Gasteiger partial charge in [0.05, 0.1) is 35.5 Å². The summed E-state index contributed by atoms with van der Waals surface area (Å²) >= 11 is 0. The van der Waals surface area contributed by atoms with Crippen LogP contribution < -0.4 is 0 Å². The molecule has 0 aliphatic heterocycles. The summed E-state index contributed by atoms with van der Waals surface area (Å²) in [7, 11) is 0. The number of hydrogen-bond acceptors (Lipinski definition) is 8. The van der Waals surface area contributed by atoms with Crippen LogP contribution in [0.4, 0.5) is 0 Å². The average Bonchev–Trinajstić information content (AvgIpc) is 2.71. The zero-order valence-electron chi connectivity index (χ0n) is 16.3. The first-order valence-corrected chi connectivity index (χ1v) is 8.12. The van der Waals surface area contributed by atoms with Gasteiger partial charge in [-0.2, -0.15) is 0 Å². The van der Waals surface area contributed by atoms with Crippen molar-refractivity contribution in [2.75, 3.05) is 13.2 Å². The molecule has 0 unspecified atom stereocenters. The van der Waals surface area contributed by atoms with E-state index in [4.69, 9.17) is 40.9 Å². The van der Waals surface area contributed by atoms with Gasteiger partial charge in [-0.3, -0.25) is 0 Å². The number of carboxylic acid groups (broad SMARTS) is 5. The molecule has 31 heavy (non-hydrogen) atoms. The number of aliphatic hydroxyl groups is 3. The lowest BCUT2D eigenvalue weighted by Gasteiger charge is -2.06. The van der Waals surface area contributed by atoms with Crippen LogP contribution in [0.2, 0.25) is 0 Å². The average molecular weight is 446 g/mol. The quantitative estimate of drug-likeness (QED) is 0.254. The fourth-order valence-corrected chi connectivity index (χ4v) is 1.49. The molecule has 0 aromatic heterocycles. The molecule has 172 valence electrons. The summed E-state index contributed by atoms with van der Waals surface area (Å²) in [6.45, 7) is 2.53. The molecule has 0 bridgehead atoms. The Morgan fingerprint density at radius 2 is 1.00 bits per heavy atom. The van der Waals surface area contributed by atoms with Crippen molar-refractivity contribution in [1.82, 2.24) is 0 Å². The number of carboxylic acids is 5. The maximum Gasteiger partial charge on any atom is 0.336 e. The highest BCUT2D eigenvalue weighted by atomic mass is 16.4. The van der Waals surface area contributed by atoms with Crippen LogP contribution in [-0.4, -0.2) is 90.0 Å². The van der Waals surface area contributed by atoms with E-state index < -0.39 is 58.2 Å². The van der Waals surface area contributed by atoms with Crippen LogP contribution in [0.15, 0.2) is 23.8 Å². The lowest BCUT2D eigenvalue weighted by Crippen LogP contribution is -2.15. The molecule has 1 aromatic rings. The smallest absolute Gasteiger partial charge is 0.336 e. The van der Waals surface area contributed by atoms with E-state index in [0.717, 1.165) is 0 Å². The third kappa shape index (κ3) is 10.5. The van der Waals surface area contributed by atoms with Gasteiger partial charge in [-0.15, -0.1) is 0 Å². The Bertz CT molecular complexity index is 752. The molecule has 0 spiro atoms. The molecule has 0 saturated carbocycles. The molecule has 0 heterocycles. The number of rotatable bonds is 7. The van der Waals surface area contributed by atoms with Gasteiger partial charge in [-0.1, -0.05) is 6.08 Å². The molecule has 0 aliphatic carbocycles. The fraction of sp³-hybridized carbons (Fsp3) is 0.278. The van der Waals surface area contributed by atoms with Crippen molar-refractivity contribution in [3.05, 3.63) is 46.0 Å². The SMILES string of the molecule is CC=C(C)C(=O)O.O=C(O)c1cc(C(=O)O)c(C(=O)O)cc1C(=O)O.OCC(O)CO. The molecule has 1 rings (SSSR count). The van der Waals surface area contributed by atoms with Gasteiger partial charge in [-0.05, 0) is 26.0 Å². The van der Waals surface area contributed by atoms with Crippen molar-refractivity contribution in [2.24, 2.45) is 0 Å². The van der Waals surface area contributed by atoms with Gasteiger partial charge < -0.3 is 40.9 Å². The Hall–Kier alpha value is -3.81. The molecule has 13 nitrogen and oxygen atoms in total. The molecule has 0 aliphatic rings. The molecule has 0 fully saturated rings. The van der Waals surface area contributed by atoms with Crippen LogP contribution in [0, 0.1) is 0 Å². The largest absolute Gasteiger partial charge is 0.478 e. The van der Waals surface area contributed by atoms with E-state index in [1.165, 1.54) is 0 Å². The molecular weight excluding hydrogens is 424 g/mol. The number of aliphatic hydroxyl groups excluding tert-OH is 3. The first-order valence-electron chi connectivity index (χ1n) is 8.12. The van der Waals surface area contributed by atoms with Crippen molar-refractivity contribution in [3.8, 4) is 0 Å². The minimum atomic E-state index is -1.66. The normalized spacial score (nSPS) is 10.2. The number of benzene rings is 1. The summed E-state index contributed by atoms with van der Waals surface area (Å²) in [5.41, 5.74) is -2.76. The van der Waals surface area contributed by atoms with E-state index in [1.807, 2.05) is 0 Å². The Labute approximate surface area is 174 Å². The molecule has 0 radical (unpaired) electrons. The molecule has 13 heteroatoms. The Kier molecular flexibility index (Phi) is 13.5. The summed E-state index contributed by atoms with van der Waals surface area (Å²) in [6, 6.07) is 1.02. The summed E-state index contributed by atoms with van der Waals surface area (Å²) in [5.74, 6) is -7.49. The highest BCUT2D eigenvalue weighted by Gasteiger charge is 2.24. The fourth-order valence-electron chi connectivity index (χ4n) is 1.49. The van der Waals surface area contributed by atoms with Gasteiger partial charge in [0.1, 0.15) is 6.10 Å². The summed E-state index contributed by atoms with van der Waals surface area (Å²) < 4.78 is 0. The monoisotopic (exact) mass is 446 g/mol. The van der Waals surface area contributed by atoms with E-state index >= 15 is 0 Å². The summed E-state index contributed by atoms with van der Waals surface area (Å²) in [5, 5.41) is 67.1. The van der Waals surface area contributed by atoms with Crippen molar-refractivity contribution in [1.29, 1.82) is 0 Å².